The minimum absolute atomic E-state index is 0.00378. The molecule has 2 fully saturated rings. The maximum atomic E-state index is 6.10. The number of fused-ring (bicyclic) bond motifs is 2. The molecule has 0 N–H and O–H groups in total. The van der Waals surface area contributed by atoms with Gasteiger partial charge in [0.05, 0.1) is 5.38 Å². The topological polar surface area (TPSA) is 25.8 Å². The van der Waals surface area contributed by atoms with Crippen molar-refractivity contribution in [2.45, 2.75) is 50.8 Å². The summed E-state index contributed by atoms with van der Waals surface area (Å²) in [4.78, 5) is 9.27. The molecule has 2 aliphatic rings. The molecule has 0 aliphatic heterocycles. The molecule has 2 bridgehead atoms. The van der Waals surface area contributed by atoms with Gasteiger partial charge in [0.25, 0.3) is 0 Å². The fourth-order valence-corrected chi connectivity index (χ4v) is 3.84. The van der Waals surface area contributed by atoms with Crippen LogP contribution in [0, 0.1) is 18.8 Å². The Hall–Kier alpha value is -0.630. The summed E-state index contributed by atoms with van der Waals surface area (Å²) in [5.41, 5.74) is 2.12. The number of halogens is 1. The van der Waals surface area contributed by atoms with Crippen LogP contribution < -0.4 is 0 Å². The van der Waals surface area contributed by atoms with Gasteiger partial charge in [-0.15, -0.1) is 11.6 Å². The van der Waals surface area contributed by atoms with Gasteiger partial charge in [0.15, 0.2) is 0 Å². The first kappa shape index (κ1) is 11.5. The van der Waals surface area contributed by atoms with Crippen LogP contribution in [0.4, 0.5) is 0 Å². The second kappa shape index (κ2) is 4.24. The van der Waals surface area contributed by atoms with Gasteiger partial charge in [-0.2, -0.15) is 0 Å². The number of aromatic nitrogens is 2. The van der Waals surface area contributed by atoms with Gasteiger partial charge in [-0.1, -0.05) is 6.42 Å². The van der Waals surface area contributed by atoms with Crippen molar-refractivity contribution < 1.29 is 0 Å². The Bertz CT molecular complexity index is 430. The van der Waals surface area contributed by atoms with Crippen LogP contribution in [0.2, 0.25) is 0 Å². The molecule has 0 radical (unpaired) electrons. The third kappa shape index (κ3) is 1.97. The molecule has 2 saturated carbocycles. The Morgan fingerprint density at radius 1 is 1.35 bits per heavy atom. The van der Waals surface area contributed by atoms with Crippen molar-refractivity contribution in [3.05, 3.63) is 23.3 Å². The van der Waals surface area contributed by atoms with Crippen molar-refractivity contribution >= 4 is 11.6 Å². The molecule has 92 valence electrons. The van der Waals surface area contributed by atoms with E-state index in [2.05, 4.69) is 4.98 Å². The minimum atomic E-state index is 0.00378. The lowest BCUT2D eigenvalue weighted by atomic mass is 9.88. The van der Waals surface area contributed by atoms with E-state index in [0.717, 1.165) is 28.9 Å². The summed E-state index contributed by atoms with van der Waals surface area (Å²) >= 11 is 6.10. The first-order valence-corrected chi connectivity index (χ1v) is 7.06. The van der Waals surface area contributed by atoms with Gasteiger partial charge in [0.2, 0.25) is 0 Å². The highest BCUT2D eigenvalue weighted by atomic mass is 35.5. The van der Waals surface area contributed by atoms with E-state index in [4.69, 9.17) is 16.6 Å². The molecule has 3 rings (SSSR count). The molecule has 1 heterocycles. The normalized spacial score (nSPS) is 33.0. The van der Waals surface area contributed by atoms with Crippen LogP contribution >= 0.6 is 11.6 Å². The lowest BCUT2D eigenvalue weighted by Gasteiger charge is -2.21. The highest BCUT2D eigenvalue weighted by molar-refractivity contribution is 6.20. The maximum Gasteiger partial charge on any atom is 0.131 e. The van der Waals surface area contributed by atoms with E-state index >= 15 is 0 Å². The van der Waals surface area contributed by atoms with Crippen molar-refractivity contribution in [3.63, 3.8) is 0 Å². The summed E-state index contributed by atoms with van der Waals surface area (Å²) in [5.74, 6) is 3.47. The Kier molecular flexibility index (Phi) is 2.86. The first-order valence-electron chi connectivity index (χ1n) is 6.62. The number of rotatable bonds is 2. The predicted molar refractivity (Wildman–Crippen MR) is 69.2 cm³/mol. The van der Waals surface area contributed by atoms with E-state index in [1.807, 2.05) is 20.0 Å². The molecule has 3 heteroatoms. The fraction of sp³-hybridized carbons (Fsp3) is 0.714. The number of aryl methyl sites for hydroxylation is 1. The van der Waals surface area contributed by atoms with Crippen LogP contribution in [0.3, 0.4) is 0 Å². The Balaban J connectivity index is 1.87. The van der Waals surface area contributed by atoms with E-state index in [1.165, 1.54) is 25.7 Å². The zero-order valence-electron chi connectivity index (χ0n) is 10.5. The van der Waals surface area contributed by atoms with Gasteiger partial charge in [-0.3, -0.25) is 0 Å². The molecule has 1 aromatic rings. The standard InChI is InChI=1S/C14H19ClN2/c1-8(15)13-7-16-14(17-9(13)2)12-6-10-3-4-11(12)5-10/h7-8,10-12H,3-6H2,1-2H3. The molecule has 4 unspecified atom stereocenters. The molecule has 2 nitrogen and oxygen atoms in total. The molecule has 0 amide bonds. The van der Waals surface area contributed by atoms with Gasteiger partial charge in [-0.05, 0) is 44.9 Å². The number of hydrogen-bond donors (Lipinski definition) is 0. The van der Waals surface area contributed by atoms with E-state index in [-0.39, 0.29) is 5.38 Å². The summed E-state index contributed by atoms with van der Waals surface area (Å²) in [6.45, 7) is 4.02. The molecule has 0 saturated heterocycles. The summed E-state index contributed by atoms with van der Waals surface area (Å²) in [5, 5.41) is 0.00378. The van der Waals surface area contributed by atoms with Crippen molar-refractivity contribution in [1.82, 2.24) is 9.97 Å². The Labute approximate surface area is 108 Å². The van der Waals surface area contributed by atoms with Gasteiger partial charge in [0.1, 0.15) is 5.82 Å². The van der Waals surface area contributed by atoms with E-state index in [9.17, 15) is 0 Å². The predicted octanol–water partition coefficient (Wildman–Crippen LogP) is 3.99. The van der Waals surface area contributed by atoms with Crippen LogP contribution in [0.15, 0.2) is 6.20 Å². The monoisotopic (exact) mass is 250 g/mol. The molecule has 0 aromatic carbocycles. The minimum Gasteiger partial charge on any atom is -0.241 e. The van der Waals surface area contributed by atoms with Crippen molar-refractivity contribution in [3.8, 4) is 0 Å². The van der Waals surface area contributed by atoms with Crippen molar-refractivity contribution in [2.24, 2.45) is 11.8 Å². The molecular formula is C14H19ClN2. The molecule has 1 aromatic heterocycles. The van der Waals surface area contributed by atoms with E-state index in [1.54, 1.807) is 0 Å². The Morgan fingerprint density at radius 2 is 2.18 bits per heavy atom. The zero-order chi connectivity index (χ0) is 12.0. The van der Waals surface area contributed by atoms with Crippen LogP contribution in [-0.2, 0) is 0 Å². The maximum absolute atomic E-state index is 6.10. The van der Waals surface area contributed by atoms with E-state index in [0.29, 0.717) is 5.92 Å². The molecule has 0 spiro atoms. The summed E-state index contributed by atoms with van der Waals surface area (Å²) < 4.78 is 0. The number of alkyl halides is 1. The van der Waals surface area contributed by atoms with Crippen molar-refractivity contribution in [2.75, 3.05) is 0 Å². The first-order chi connectivity index (χ1) is 8.15. The average Bonchev–Trinajstić information content (AvgIpc) is 2.89. The number of nitrogens with zero attached hydrogens (tertiary/aromatic N) is 2. The highest BCUT2D eigenvalue weighted by Gasteiger charge is 2.41. The average molecular weight is 251 g/mol. The van der Waals surface area contributed by atoms with Gasteiger partial charge in [0, 0.05) is 23.4 Å². The number of hydrogen-bond acceptors (Lipinski definition) is 2. The highest BCUT2D eigenvalue weighted by Crippen LogP contribution is 2.52. The molecule has 2 aliphatic carbocycles. The van der Waals surface area contributed by atoms with Crippen LogP contribution in [0.25, 0.3) is 0 Å². The quantitative estimate of drug-likeness (QED) is 0.742. The SMILES string of the molecule is Cc1nc(C2CC3CCC2C3)ncc1C(C)Cl. The van der Waals surface area contributed by atoms with Gasteiger partial charge in [-0.25, -0.2) is 9.97 Å². The van der Waals surface area contributed by atoms with Crippen LogP contribution in [0.5, 0.6) is 0 Å². The second-order valence-electron chi connectivity index (χ2n) is 5.67. The van der Waals surface area contributed by atoms with Crippen LogP contribution in [-0.4, -0.2) is 9.97 Å². The molecule has 17 heavy (non-hydrogen) atoms. The zero-order valence-corrected chi connectivity index (χ0v) is 11.2. The summed E-state index contributed by atoms with van der Waals surface area (Å²) in [6.07, 6.45) is 7.45. The molecular weight excluding hydrogens is 232 g/mol. The largest absolute Gasteiger partial charge is 0.241 e. The van der Waals surface area contributed by atoms with Crippen LogP contribution in [0.1, 0.15) is 61.0 Å². The summed E-state index contributed by atoms with van der Waals surface area (Å²) in [7, 11) is 0. The lowest BCUT2D eigenvalue weighted by Crippen LogP contribution is -2.13. The summed E-state index contributed by atoms with van der Waals surface area (Å²) in [6, 6.07) is 0. The second-order valence-corrected chi connectivity index (χ2v) is 6.32. The third-order valence-corrected chi connectivity index (χ3v) is 4.77. The van der Waals surface area contributed by atoms with E-state index < -0.39 is 0 Å². The van der Waals surface area contributed by atoms with Gasteiger partial charge < -0.3 is 0 Å². The smallest absolute Gasteiger partial charge is 0.131 e. The lowest BCUT2D eigenvalue weighted by molar-refractivity contribution is 0.404. The fourth-order valence-electron chi connectivity index (χ4n) is 3.62. The van der Waals surface area contributed by atoms with Crippen molar-refractivity contribution in [1.29, 1.82) is 0 Å². The van der Waals surface area contributed by atoms with Gasteiger partial charge >= 0.3 is 0 Å². The Morgan fingerprint density at radius 3 is 2.71 bits per heavy atom. The third-order valence-electron chi connectivity index (χ3n) is 4.53. The molecule has 4 atom stereocenters.